The number of hydrogen-bond acceptors (Lipinski definition) is 2. The highest BCUT2D eigenvalue weighted by molar-refractivity contribution is 5.41. The Bertz CT molecular complexity index is 555. The lowest BCUT2D eigenvalue weighted by Crippen LogP contribution is -2.21. The molecule has 1 heterocycles. The van der Waals surface area contributed by atoms with Gasteiger partial charge in [-0.15, -0.1) is 0 Å². The highest BCUT2D eigenvalue weighted by Gasteiger charge is 2.17. The van der Waals surface area contributed by atoms with Crippen molar-refractivity contribution < 1.29 is 0 Å². The smallest absolute Gasteiger partial charge is 0.0748 e. The second kappa shape index (κ2) is 4.94. The minimum Gasteiger partial charge on any atom is -0.308 e. The van der Waals surface area contributed by atoms with E-state index in [1.54, 1.807) is 0 Å². The molecule has 0 saturated carbocycles. The number of aryl methyl sites for hydroxylation is 4. The highest BCUT2D eigenvalue weighted by Crippen LogP contribution is 2.26. The molecular weight excluding hydrogens is 222 g/mol. The maximum Gasteiger partial charge on any atom is 0.0748 e. The van der Waals surface area contributed by atoms with Crippen molar-refractivity contribution in [2.75, 3.05) is 7.05 Å². The van der Waals surface area contributed by atoms with Crippen LogP contribution in [0.1, 0.15) is 34.0 Å². The summed E-state index contributed by atoms with van der Waals surface area (Å²) >= 11 is 0. The summed E-state index contributed by atoms with van der Waals surface area (Å²) in [4.78, 5) is 0. The molecule has 3 nitrogen and oxygen atoms in total. The summed E-state index contributed by atoms with van der Waals surface area (Å²) in [6.07, 6.45) is 1.84. The molecule has 0 aliphatic carbocycles. The zero-order valence-electron chi connectivity index (χ0n) is 11.8. The molecule has 96 valence electrons. The van der Waals surface area contributed by atoms with Crippen LogP contribution in [-0.4, -0.2) is 16.8 Å². The fourth-order valence-electron chi connectivity index (χ4n) is 2.42. The van der Waals surface area contributed by atoms with E-state index in [4.69, 9.17) is 0 Å². The zero-order chi connectivity index (χ0) is 13.3. The van der Waals surface area contributed by atoms with Gasteiger partial charge in [0.05, 0.1) is 11.7 Å². The van der Waals surface area contributed by atoms with Crippen LogP contribution in [0.15, 0.2) is 24.4 Å². The van der Waals surface area contributed by atoms with Crippen LogP contribution in [0.2, 0.25) is 0 Å². The van der Waals surface area contributed by atoms with Crippen LogP contribution in [0.4, 0.5) is 0 Å². The van der Waals surface area contributed by atoms with Crippen LogP contribution in [0.5, 0.6) is 0 Å². The number of aromatic nitrogens is 2. The van der Waals surface area contributed by atoms with Gasteiger partial charge in [-0.25, -0.2) is 0 Å². The maximum atomic E-state index is 4.26. The van der Waals surface area contributed by atoms with Gasteiger partial charge in [-0.05, 0) is 56.1 Å². The van der Waals surface area contributed by atoms with Gasteiger partial charge in [0.25, 0.3) is 0 Å². The summed E-state index contributed by atoms with van der Waals surface area (Å²) in [6, 6.07) is 6.79. The van der Waals surface area contributed by atoms with Crippen molar-refractivity contribution in [3.05, 3.63) is 52.3 Å². The van der Waals surface area contributed by atoms with Crippen molar-refractivity contribution in [2.45, 2.75) is 26.8 Å². The van der Waals surface area contributed by atoms with E-state index in [1.165, 1.54) is 27.9 Å². The number of benzene rings is 1. The standard InChI is InChI=1S/C15H21N3/c1-10-8-12(3)13(9-11(10)2)15(16-4)14-6-7-17-18(14)5/h6-9,15-16H,1-5H3. The fraction of sp³-hybridized carbons (Fsp3) is 0.400. The van der Waals surface area contributed by atoms with Gasteiger partial charge >= 0.3 is 0 Å². The summed E-state index contributed by atoms with van der Waals surface area (Å²) in [6.45, 7) is 6.49. The molecule has 1 aromatic heterocycles. The molecule has 0 aliphatic heterocycles. The van der Waals surface area contributed by atoms with E-state index in [0.717, 1.165) is 0 Å². The van der Waals surface area contributed by atoms with Crippen LogP contribution >= 0.6 is 0 Å². The second-order valence-corrected chi connectivity index (χ2v) is 4.89. The predicted molar refractivity (Wildman–Crippen MR) is 74.8 cm³/mol. The van der Waals surface area contributed by atoms with Gasteiger partial charge < -0.3 is 5.32 Å². The van der Waals surface area contributed by atoms with Crippen molar-refractivity contribution in [3.8, 4) is 0 Å². The van der Waals surface area contributed by atoms with Crippen molar-refractivity contribution in [2.24, 2.45) is 7.05 Å². The fourth-order valence-corrected chi connectivity index (χ4v) is 2.42. The van der Waals surface area contributed by atoms with E-state index in [9.17, 15) is 0 Å². The first-order chi connectivity index (χ1) is 8.54. The minimum absolute atomic E-state index is 0.191. The van der Waals surface area contributed by atoms with Crippen molar-refractivity contribution in [1.82, 2.24) is 15.1 Å². The normalized spacial score (nSPS) is 12.7. The van der Waals surface area contributed by atoms with Crippen LogP contribution in [0.25, 0.3) is 0 Å². The Morgan fingerprint density at radius 2 is 1.78 bits per heavy atom. The van der Waals surface area contributed by atoms with Gasteiger partial charge in [0.15, 0.2) is 0 Å². The van der Waals surface area contributed by atoms with Gasteiger partial charge in [-0.3, -0.25) is 4.68 Å². The maximum absolute atomic E-state index is 4.26. The molecule has 0 bridgehead atoms. The lowest BCUT2D eigenvalue weighted by atomic mass is 9.94. The Balaban J connectivity index is 2.52. The molecular formula is C15H21N3. The van der Waals surface area contributed by atoms with E-state index in [2.05, 4.69) is 49.4 Å². The van der Waals surface area contributed by atoms with E-state index in [0.29, 0.717) is 0 Å². The quantitative estimate of drug-likeness (QED) is 0.898. The Labute approximate surface area is 109 Å². The lowest BCUT2D eigenvalue weighted by molar-refractivity contribution is 0.603. The third-order valence-corrected chi connectivity index (χ3v) is 3.64. The molecule has 1 aromatic carbocycles. The molecule has 0 amide bonds. The Morgan fingerprint density at radius 1 is 1.11 bits per heavy atom. The molecule has 3 heteroatoms. The summed E-state index contributed by atoms with van der Waals surface area (Å²) in [7, 11) is 3.97. The van der Waals surface area contributed by atoms with Crippen LogP contribution in [-0.2, 0) is 7.05 Å². The van der Waals surface area contributed by atoms with Gasteiger partial charge in [0.2, 0.25) is 0 Å². The summed E-state index contributed by atoms with van der Waals surface area (Å²) in [5, 5.41) is 7.65. The van der Waals surface area contributed by atoms with E-state index in [-0.39, 0.29) is 6.04 Å². The first-order valence-electron chi connectivity index (χ1n) is 6.27. The average Bonchev–Trinajstić information content (AvgIpc) is 2.73. The van der Waals surface area contributed by atoms with E-state index in [1.807, 2.05) is 25.0 Å². The number of nitrogens with one attached hydrogen (secondary N) is 1. The topological polar surface area (TPSA) is 29.9 Å². The molecule has 1 N–H and O–H groups in total. The lowest BCUT2D eigenvalue weighted by Gasteiger charge is -2.20. The van der Waals surface area contributed by atoms with Crippen LogP contribution < -0.4 is 5.32 Å². The zero-order valence-corrected chi connectivity index (χ0v) is 11.8. The van der Waals surface area contributed by atoms with Gasteiger partial charge in [-0.1, -0.05) is 12.1 Å². The Hall–Kier alpha value is -1.61. The molecule has 1 unspecified atom stereocenters. The van der Waals surface area contributed by atoms with Crippen molar-refractivity contribution >= 4 is 0 Å². The number of rotatable bonds is 3. The van der Waals surface area contributed by atoms with E-state index >= 15 is 0 Å². The molecule has 18 heavy (non-hydrogen) atoms. The number of nitrogens with zero attached hydrogens (tertiary/aromatic N) is 2. The van der Waals surface area contributed by atoms with Crippen LogP contribution in [0.3, 0.4) is 0 Å². The summed E-state index contributed by atoms with van der Waals surface area (Å²) < 4.78 is 1.93. The summed E-state index contributed by atoms with van der Waals surface area (Å²) in [5.74, 6) is 0. The molecule has 0 fully saturated rings. The SMILES string of the molecule is CNC(c1cc(C)c(C)cc1C)c1ccnn1C. The van der Waals surface area contributed by atoms with Gasteiger partial charge in [0.1, 0.15) is 0 Å². The molecule has 0 spiro atoms. The Morgan fingerprint density at radius 3 is 2.33 bits per heavy atom. The highest BCUT2D eigenvalue weighted by atomic mass is 15.3. The van der Waals surface area contributed by atoms with Crippen molar-refractivity contribution in [1.29, 1.82) is 0 Å². The average molecular weight is 243 g/mol. The molecule has 2 rings (SSSR count). The largest absolute Gasteiger partial charge is 0.308 e. The molecule has 0 radical (unpaired) electrons. The first-order valence-corrected chi connectivity index (χ1v) is 6.27. The minimum atomic E-state index is 0.191. The molecule has 0 aliphatic rings. The Kier molecular flexibility index (Phi) is 3.53. The number of hydrogen-bond donors (Lipinski definition) is 1. The van der Waals surface area contributed by atoms with Crippen molar-refractivity contribution in [3.63, 3.8) is 0 Å². The molecule has 0 saturated heterocycles. The third kappa shape index (κ3) is 2.18. The van der Waals surface area contributed by atoms with Crippen LogP contribution in [0, 0.1) is 20.8 Å². The summed E-state index contributed by atoms with van der Waals surface area (Å²) in [5.41, 5.74) is 6.50. The van der Waals surface area contributed by atoms with E-state index < -0.39 is 0 Å². The monoisotopic (exact) mass is 243 g/mol. The molecule has 1 atom stereocenters. The predicted octanol–water partition coefficient (Wildman–Crippen LogP) is 2.65. The van der Waals surface area contributed by atoms with Gasteiger partial charge in [-0.2, -0.15) is 5.10 Å². The van der Waals surface area contributed by atoms with Gasteiger partial charge in [0, 0.05) is 13.2 Å². The second-order valence-electron chi connectivity index (χ2n) is 4.89. The first kappa shape index (κ1) is 12.8. The molecule has 2 aromatic rings. The third-order valence-electron chi connectivity index (χ3n) is 3.64.